The van der Waals surface area contributed by atoms with Gasteiger partial charge in [0.25, 0.3) is 0 Å². The molecule has 2 aromatic heterocycles. The third-order valence-electron chi connectivity index (χ3n) is 4.83. The van der Waals surface area contributed by atoms with Crippen molar-refractivity contribution in [2.45, 2.75) is 26.8 Å². The van der Waals surface area contributed by atoms with Crippen LogP contribution in [0.4, 0.5) is 5.69 Å². The maximum absolute atomic E-state index is 13.1. The summed E-state index contributed by atoms with van der Waals surface area (Å²) in [6.07, 6.45) is 1.61. The predicted octanol–water partition coefficient (Wildman–Crippen LogP) is 5.11. The van der Waals surface area contributed by atoms with Gasteiger partial charge in [-0.1, -0.05) is 30.3 Å². The molecule has 0 fully saturated rings. The number of para-hydroxylation sites is 3. The van der Waals surface area contributed by atoms with Crippen molar-refractivity contribution < 1.29 is 9.21 Å². The van der Waals surface area contributed by atoms with Crippen LogP contribution >= 0.6 is 0 Å². The van der Waals surface area contributed by atoms with Crippen LogP contribution in [0.3, 0.4) is 0 Å². The molecule has 5 nitrogen and oxygen atoms in total. The largest absolute Gasteiger partial charge is 0.461 e. The highest BCUT2D eigenvalue weighted by molar-refractivity contribution is 5.96. The molecule has 4 rings (SSSR count). The second-order valence-corrected chi connectivity index (χ2v) is 6.70. The molecule has 4 aromatic rings. The smallest absolute Gasteiger partial charge is 0.247 e. The Labute approximate surface area is 157 Å². The molecule has 5 heteroatoms. The Morgan fingerprint density at radius 3 is 2.48 bits per heavy atom. The number of nitrogens with zero attached hydrogens (tertiary/aromatic N) is 2. The summed E-state index contributed by atoms with van der Waals surface area (Å²) in [5, 5.41) is 3.09. The fourth-order valence-electron chi connectivity index (χ4n) is 3.37. The van der Waals surface area contributed by atoms with Crippen LogP contribution in [-0.4, -0.2) is 15.5 Å². The predicted molar refractivity (Wildman–Crippen MR) is 107 cm³/mol. The summed E-state index contributed by atoms with van der Waals surface area (Å²) in [5.74, 6) is 1.19. The summed E-state index contributed by atoms with van der Waals surface area (Å²) >= 11 is 0. The first-order valence-corrected chi connectivity index (χ1v) is 8.94. The lowest BCUT2D eigenvalue weighted by atomic mass is 10.1. The minimum absolute atomic E-state index is 0.0941. The number of aryl methyl sites for hydroxylation is 2. The molecule has 1 N–H and O–H groups in total. The molecule has 0 bridgehead atoms. The van der Waals surface area contributed by atoms with Gasteiger partial charge in [-0.15, -0.1) is 0 Å². The van der Waals surface area contributed by atoms with Gasteiger partial charge in [0.1, 0.15) is 6.04 Å². The van der Waals surface area contributed by atoms with Gasteiger partial charge in [0.15, 0.2) is 11.6 Å². The lowest BCUT2D eigenvalue weighted by Crippen LogP contribution is -2.25. The highest BCUT2D eigenvalue weighted by Gasteiger charge is 2.24. The minimum Gasteiger partial charge on any atom is -0.461 e. The number of hydrogen-bond acceptors (Lipinski definition) is 3. The zero-order valence-electron chi connectivity index (χ0n) is 15.6. The monoisotopic (exact) mass is 359 g/mol. The summed E-state index contributed by atoms with van der Waals surface area (Å²) < 4.78 is 7.49. The van der Waals surface area contributed by atoms with E-state index < -0.39 is 6.04 Å². The number of amides is 1. The van der Waals surface area contributed by atoms with Crippen LogP contribution in [-0.2, 0) is 4.79 Å². The highest BCUT2D eigenvalue weighted by atomic mass is 16.3. The van der Waals surface area contributed by atoms with Gasteiger partial charge in [-0.3, -0.25) is 4.79 Å². The number of rotatable bonds is 4. The Bertz CT molecular complexity index is 1090. The first kappa shape index (κ1) is 17.1. The molecule has 0 saturated heterocycles. The lowest BCUT2D eigenvalue weighted by Gasteiger charge is -2.19. The van der Waals surface area contributed by atoms with Crippen molar-refractivity contribution in [3.05, 3.63) is 72.0 Å². The molecule has 0 spiro atoms. The Balaban J connectivity index is 1.77. The summed E-state index contributed by atoms with van der Waals surface area (Å²) in [6.45, 7) is 5.87. The molecular weight excluding hydrogens is 338 g/mol. The summed E-state index contributed by atoms with van der Waals surface area (Å²) in [4.78, 5) is 17.8. The number of hydrogen-bond donors (Lipinski definition) is 1. The van der Waals surface area contributed by atoms with Gasteiger partial charge in [0, 0.05) is 5.69 Å². The Hall–Kier alpha value is -3.34. The van der Waals surface area contributed by atoms with Gasteiger partial charge in [-0.25, -0.2) is 4.98 Å². The topological polar surface area (TPSA) is 60.1 Å². The van der Waals surface area contributed by atoms with E-state index in [0.717, 1.165) is 27.8 Å². The Morgan fingerprint density at radius 2 is 1.78 bits per heavy atom. The van der Waals surface area contributed by atoms with E-state index in [1.165, 1.54) is 0 Å². The molecule has 2 aromatic carbocycles. The molecule has 27 heavy (non-hydrogen) atoms. The summed E-state index contributed by atoms with van der Waals surface area (Å²) in [7, 11) is 0. The van der Waals surface area contributed by atoms with Crippen molar-refractivity contribution >= 4 is 22.6 Å². The third kappa shape index (κ3) is 3.01. The van der Waals surface area contributed by atoms with E-state index in [9.17, 15) is 4.79 Å². The molecule has 0 aliphatic carbocycles. The van der Waals surface area contributed by atoms with Crippen LogP contribution in [0.2, 0.25) is 0 Å². The number of benzene rings is 2. The number of anilines is 1. The fraction of sp³-hybridized carbons (Fsp3) is 0.182. The van der Waals surface area contributed by atoms with Crippen LogP contribution in [0.1, 0.15) is 24.1 Å². The average molecular weight is 359 g/mol. The maximum atomic E-state index is 13.1. The number of imidazole rings is 1. The fourth-order valence-corrected chi connectivity index (χ4v) is 3.37. The molecule has 0 aliphatic heterocycles. The van der Waals surface area contributed by atoms with Crippen molar-refractivity contribution in [1.29, 1.82) is 0 Å². The first-order valence-electron chi connectivity index (χ1n) is 8.94. The van der Waals surface area contributed by atoms with Crippen molar-refractivity contribution in [3.63, 3.8) is 0 Å². The number of nitrogens with one attached hydrogen (secondary N) is 1. The van der Waals surface area contributed by atoms with Crippen molar-refractivity contribution in [2.75, 3.05) is 5.32 Å². The molecule has 0 radical (unpaired) electrons. The normalized spacial score (nSPS) is 12.3. The van der Waals surface area contributed by atoms with E-state index >= 15 is 0 Å². The van der Waals surface area contributed by atoms with E-state index in [0.29, 0.717) is 11.6 Å². The van der Waals surface area contributed by atoms with Gasteiger partial charge in [-0.05, 0) is 56.2 Å². The first-order chi connectivity index (χ1) is 13.1. The molecule has 1 amide bonds. The maximum Gasteiger partial charge on any atom is 0.247 e. The van der Waals surface area contributed by atoms with Gasteiger partial charge >= 0.3 is 0 Å². The Kier molecular flexibility index (Phi) is 4.28. The van der Waals surface area contributed by atoms with E-state index in [-0.39, 0.29) is 5.91 Å². The molecule has 136 valence electrons. The Morgan fingerprint density at radius 1 is 1.04 bits per heavy atom. The number of fused-ring (bicyclic) bond motifs is 1. The van der Waals surface area contributed by atoms with Crippen molar-refractivity contribution in [2.24, 2.45) is 0 Å². The van der Waals surface area contributed by atoms with E-state index in [4.69, 9.17) is 4.42 Å². The third-order valence-corrected chi connectivity index (χ3v) is 4.83. The number of furan rings is 1. The SMILES string of the molecule is Cc1cccc(C)c1NC(=O)C(C)n1c(-c2ccco2)nc2ccccc21. The standard InChI is InChI=1S/C22H21N3O2/c1-14-8-6-9-15(2)20(14)24-22(26)16(3)25-18-11-5-4-10-17(18)23-21(25)19-12-7-13-27-19/h4-13,16H,1-3H3,(H,24,26). The lowest BCUT2D eigenvalue weighted by molar-refractivity contribution is -0.118. The van der Waals surface area contributed by atoms with Crippen LogP contribution in [0.5, 0.6) is 0 Å². The quantitative estimate of drug-likeness (QED) is 0.550. The van der Waals surface area contributed by atoms with Crippen LogP contribution in [0.15, 0.2) is 65.3 Å². The van der Waals surface area contributed by atoms with Gasteiger partial charge in [0.2, 0.25) is 5.91 Å². The molecule has 1 unspecified atom stereocenters. The highest BCUT2D eigenvalue weighted by Crippen LogP contribution is 2.30. The van der Waals surface area contributed by atoms with Crippen LogP contribution in [0, 0.1) is 13.8 Å². The second kappa shape index (κ2) is 6.76. The second-order valence-electron chi connectivity index (χ2n) is 6.70. The van der Waals surface area contributed by atoms with Gasteiger partial charge < -0.3 is 14.3 Å². The molecule has 0 aliphatic rings. The van der Waals surface area contributed by atoms with Crippen LogP contribution < -0.4 is 5.32 Å². The van der Waals surface area contributed by atoms with E-state index in [1.807, 2.05) is 79.9 Å². The van der Waals surface area contributed by atoms with Crippen molar-refractivity contribution in [1.82, 2.24) is 9.55 Å². The number of aromatic nitrogens is 2. The molecule has 2 heterocycles. The number of carbonyl (C=O) groups is 1. The van der Waals surface area contributed by atoms with E-state index in [1.54, 1.807) is 6.26 Å². The summed E-state index contributed by atoms with van der Waals surface area (Å²) in [5.41, 5.74) is 4.66. The zero-order chi connectivity index (χ0) is 19.0. The molecule has 1 atom stereocenters. The number of carbonyl (C=O) groups excluding carboxylic acids is 1. The molecule has 0 saturated carbocycles. The van der Waals surface area contributed by atoms with Gasteiger partial charge in [-0.2, -0.15) is 0 Å². The minimum atomic E-state index is -0.462. The zero-order valence-corrected chi connectivity index (χ0v) is 15.6. The average Bonchev–Trinajstić information content (AvgIpc) is 3.31. The summed E-state index contributed by atoms with van der Waals surface area (Å²) in [6, 6.07) is 17.0. The van der Waals surface area contributed by atoms with E-state index in [2.05, 4.69) is 10.3 Å². The molecular formula is C22H21N3O2. The van der Waals surface area contributed by atoms with Crippen LogP contribution in [0.25, 0.3) is 22.6 Å². The van der Waals surface area contributed by atoms with Gasteiger partial charge in [0.05, 0.1) is 17.3 Å². The van der Waals surface area contributed by atoms with Crippen molar-refractivity contribution in [3.8, 4) is 11.6 Å².